The van der Waals surface area contributed by atoms with Crippen molar-refractivity contribution in [1.29, 1.82) is 0 Å². The zero-order chi connectivity index (χ0) is 28.4. The minimum absolute atomic E-state index is 1.08. The van der Waals surface area contributed by atoms with Gasteiger partial charge in [0, 0.05) is 11.1 Å². The Balaban J connectivity index is 1.42. The van der Waals surface area contributed by atoms with E-state index < -0.39 is 8.07 Å². The summed E-state index contributed by atoms with van der Waals surface area (Å²) in [5, 5.41) is 8.97. The van der Waals surface area contributed by atoms with Gasteiger partial charge in [0.25, 0.3) is 0 Å². The molecule has 8 rings (SSSR count). The van der Waals surface area contributed by atoms with E-state index in [1.807, 2.05) is 0 Å². The molecule has 1 heteroatoms. The van der Waals surface area contributed by atoms with E-state index in [0.717, 1.165) is 11.1 Å². The average molecular weight is 551 g/mol. The minimum atomic E-state index is -1.55. The number of fused-ring (bicyclic) bond motifs is 5. The van der Waals surface area contributed by atoms with Crippen molar-refractivity contribution >= 4 is 45.6 Å². The lowest BCUT2D eigenvalue weighted by molar-refractivity contribution is 1.66. The Morgan fingerprint density at radius 2 is 1.07 bits per heavy atom. The van der Waals surface area contributed by atoms with Crippen molar-refractivity contribution in [2.75, 3.05) is 0 Å². The molecule has 0 spiro atoms. The summed E-state index contributed by atoms with van der Waals surface area (Å²) in [4.78, 5) is 0. The zero-order valence-corrected chi connectivity index (χ0v) is 25.1. The molecular weight excluding hydrogens is 521 g/mol. The monoisotopic (exact) mass is 550 g/mol. The van der Waals surface area contributed by atoms with Gasteiger partial charge in [-0.15, -0.1) is 0 Å². The highest BCUT2D eigenvalue weighted by Gasteiger charge is 2.22. The molecule has 0 saturated carbocycles. The van der Waals surface area contributed by atoms with Crippen LogP contribution in [0.2, 0.25) is 19.6 Å². The molecule has 1 aliphatic rings. The summed E-state index contributed by atoms with van der Waals surface area (Å²) in [6, 6.07) is 46.6. The molecule has 0 saturated heterocycles. The summed E-state index contributed by atoms with van der Waals surface area (Å²) in [5.41, 5.74) is 9.98. The normalized spacial score (nSPS) is 12.0. The summed E-state index contributed by atoms with van der Waals surface area (Å²) < 4.78 is 0. The molecular formula is C41H30Si. The van der Waals surface area contributed by atoms with Gasteiger partial charge in [-0.2, -0.15) is 0 Å². The molecule has 0 fully saturated rings. The second-order valence-electron chi connectivity index (χ2n) is 12.4. The first kappa shape index (κ1) is 24.9. The van der Waals surface area contributed by atoms with E-state index in [1.165, 1.54) is 70.9 Å². The van der Waals surface area contributed by atoms with Crippen LogP contribution in [0.25, 0.3) is 65.7 Å². The average Bonchev–Trinajstić information content (AvgIpc) is 3.35. The number of benzene rings is 7. The van der Waals surface area contributed by atoms with E-state index in [9.17, 15) is 0 Å². The summed E-state index contributed by atoms with van der Waals surface area (Å²) in [6.07, 6.45) is 0. The number of hydrogen-bond donors (Lipinski definition) is 0. The first-order valence-corrected chi connectivity index (χ1v) is 18.2. The summed E-state index contributed by atoms with van der Waals surface area (Å²) in [7, 11) is -1.55. The first-order chi connectivity index (χ1) is 20.5. The van der Waals surface area contributed by atoms with Crippen LogP contribution in [-0.4, -0.2) is 8.07 Å². The molecule has 0 atom stereocenters. The van der Waals surface area contributed by atoms with E-state index in [0.29, 0.717) is 0 Å². The van der Waals surface area contributed by atoms with Crippen molar-refractivity contribution in [3.05, 3.63) is 139 Å². The third-order valence-electron chi connectivity index (χ3n) is 8.82. The molecule has 1 aliphatic carbocycles. The molecule has 0 amide bonds. The molecule has 7 aromatic rings. The van der Waals surface area contributed by atoms with Gasteiger partial charge in [-0.25, -0.2) is 0 Å². The molecule has 7 aromatic carbocycles. The van der Waals surface area contributed by atoms with Gasteiger partial charge < -0.3 is 0 Å². The van der Waals surface area contributed by atoms with Crippen LogP contribution in [0.5, 0.6) is 0 Å². The third-order valence-corrected chi connectivity index (χ3v) is 10.9. The lowest BCUT2D eigenvalue weighted by Crippen LogP contribution is -2.37. The maximum atomic E-state index is 3.74. The second-order valence-corrected chi connectivity index (χ2v) is 17.4. The van der Waals surface area contributed by atoms with E-state index in [4.69, 9.17) is 0 Å². The Morgan fingerprint density at radius 1 is 0.452 bits per heavy atom. The lowest BCUT2D eigenvalue weighted by Gasteiger charge is -2.20. The van der Waals surface area contributed by atoms with Gasteiger partial charge in [-0.3, -0.25) is 0 Å². The maximum Gasteiger partial charge on any atom is 0.0776 e. The Hall–Kier alpha value is -4.90. The number of hydrogen-bond acceptors (Lipinski definition) is 0. The topological polar surface area (TPSA) is 0 Å². The molecule has 0 bridgehead atoms. The van der Waals surface area contributed by atoms with Gasteiger partial charge in [0.2, 0.25) is 0 Å². The molecule has 0 N–H and O–H groups in total. The van der Waals surface area contributed by atoms with Crippen LogP contribution in [0.1, 0.15) is 11.1 Å². The largest absolute Gasteiger partial charge is 0.0776 e. The van der Waals surface area contributed by atoms with E-state index in [2.05, 4.69) is 159 Å². The van der Waals surface area contributed by atoms with Crippen LogP contribution in [0, 0.1) is 11.8 Å². The zero-order valence-electron chi connectivity index (χ0n) is 24.1. The van der Waals surface area contributed by atoms with Crippen molar-refractivity contribution in [2.24, 2.45) is 0 Å². The fourth-order valence-corrected chi connectivity index (χ4v) is 7.90. The van der Waals surface area contributed by atoms with E-state index >= 15 is 0 Å². The van der Waals surface area contributed by atoms with E-state index in [-0.39, 0.29) is 0 Å². The molecule has 0 unspecified atom stereocenters. The summed E-state index contributed by atoms with van der Waals surface area (Å²) in [5.74, 6) is 7.42. The van der Waals surface area contributed by atoms with Gasteiger partial charge in [0.15, 0.2) is 0 Å². The summed E-state index contributed by atoms with van der Waals surface area (Å²) in [6.45, 7) is 7.26. The molecule has 42 heavy (non-hydrogen) atoms. The Labute approximate surface area is 248 Å². The highest BCUT2D eigenvalue weighted by atomic mass is 28.3. The standard InChI is InChI=1S/C41H30Si/c1-42(2,3)29-22-25-38-39(26-29)34(33-16-9-10-17-35(33)40(38)28-12-5-4-6-13-28)23-20-27-21-24-37-32-15-8-7-14-31(32)36-19-11-18-30(27)41(36)37/h4-19,21-22,24-26H,1-3H3. The molecule has 0 aliphatic heterocycles. The predicted molar refractivity (Wildman–Crippen MR) is 184 cm³/mol. The van der Waals surface area contributed by atoms with Crippen LogP contribution in [0.3, 0.4) is 0 Å². The second kappa shape index (κ2) is 9.31. The van der Waals surface area contributed by atoms with Crippen LogP contribution >= 0.6 is 0 Å². The van der Waals surface area contributed by atoms with Gasteiger partial charge in [0.1, 0.15) is 0 Å². The van der Waals surface area contributed by atoms with Crippen molar-refractivity contribution in [1.82, 2.24) is 0 Å². The fraction of sp³-hybridized carbons (Fsp3) is 0.0732. The molecule has 198 valence electrons. The fourth-order valence-electron chi connectivity index (χ4n) is 6.74. The molecule has 0 radical (unpaired) electrons. The molecule has 0 heterocycles. The van der Waals surface area contributed by atoms with Crippen molar-refractivity contribution in [2.45, 2.75) is 19.6 Å². The van der Waals surface area contributed by atoms with Crippen molar-refractivity contribution in [3.63, 3.8) is 0 Å². The van der Waals surface area contributed by atoms with Gasteiger partial charge >= 0.3 is 0 Å². The predicted octanol–water partition coefficient (Wildman–Crippen LogP) is 10.4. The van der Waals surface area contributed by atoms with Gasteiger partial charge in [-0.1, -0.05) is 158 Å². The summed E-state index contributed by atoms with van der Waals surface area (Å²) >= 11 is 0. The SMILES string of the molecule is C[Si](C)(C)c1ccc2c(-c3ccccc3)c3ccccc3c(C#Cc3ccc4c5c(cccc35)-c3ccccc3-4)c2c1. The smallest absolute Gasteiger partial charge is 0.0656 e. The first-order valence-electron chi connectivity index (χ1n) is 14.7. The van der Waals surface area contributed by atoms with Crippen molar-refractivity contribution in [3.8, 4) is 45.2 Å². The Bertz CT molecular complexity index is 2240. The molecule has 0 aromatic heterocycles. The van der Waals surface area contributed by atoms with Crippen LogP contribution in [0.4, 0.5) is 0 Å². The maximum absolute atomic E-state index is 3.74. The van der Waals surface area contributed by atoms with Gasteiger partial charge in [-0.05, 0) is 71.8 Å². The van der Waals surface area contributed by atoms with Crippen LogP contribution in [0.15, 0.2) is 127 Å². The Morgan fingerprint density at radius 3 is 1.83 bits per heavy atom. The highest BCUT2D eigenvalue weighted by Crippen LogP contribution is 2.47. The van der Waals surface area contributed by atoms with Crippen LogP contribution < -0.4 is 5.19 Å². The van der Waals surface area contributed by atoms with Crippen molar-refractivity contribution < 1.29 is 0 Å². The number of rotatable bonds is 2. The van der Waals surface area contributed by atoms with Crippen LogP contribution in [-0.2, 0) is 0 Å². The van der Waals surface area contributed by atoms with E-state index in [1.54, 1.807) is 0 Å². The lowest BCUT2D eigenvalue weighted by atomic mass is 9.88. The molecule has 0 nitrogen and oxygen atoms in total. The van der Waals surface area contributed by atoms with Gasteiger partial charge in [0.05, 0.1) is 8.07 Å². The third kappa shape index (κ3) is 3.77. The Kier molecular flexibility index (Phi) is 5.51. The quantitative estimate of drug-likeness (QED) is 0.114. The highest BCUT2D eigenvalue weighted by molar-refractivity contribution is 6.88. The minimum Gasteiger partial charge on any atom is -0.0656 e.